The fourth-order valence-electron chi connectivity index (χ4n) is 3.59. The lowest BCUT2D eigenvalue weighted by molar-refractivity contribution is -0.190. The van der Waals surface area contributed by atoms with E-state index in [-0.39, 0.29) is 17.4 Å². The van der Waals surface area contributed by atoms with Crippen LogP contribution in [0.15, 0.2) is 6.33 Å². The van der Waals surface area contributed by atoms with Gasteiger partial charge in [-0.05, 0) is 25.7 Å². The van der Waals surface area contributed by atoms with Crippen LogP contribution < -0.4 is 10.6 Å². The topological polar surface area (TPSA) is 113 Å². The van der Waals surface area contributed by atoms with Crippen molar-refractivity contribution in [3.8, 4) is 0 Å². The van der Waals surface area contributed by atoms with Crippen LogP contribution in [0, 0.1) is 5.41 Å². The number of esters is 1. The summed E-state index contributed by atoms with van der Waals surface area (Å²) < 4.78 is 4.88. The minimum absolute atomic E-state index is 0.0336. The molecule has 0 radical (unpaired) electrons. The molecule has 3 N–H and O–H groups in total. The Kier molecular flexibility index (Phi) is 3.19. The van der Waals surface area contributed by atoms with Crippen molar-refractivity contribution < 1.29 is 19.1 Å². The van der Waals surface area contributed by atoms with Crippen molar-refractivity contribution in [2.24, 2.45) is 5.41 Å². The van der Waals surface area contributed by atoms with E-state index in [4.69, 9.17) is 4.74 Å². The van der Waals surface area contributed by atoms with Gasteiger partial charge in [0.25, 0.3) is 11.8 Å². The second-order valence-electron chi connectivity index (χ2n) is 5.82. The zero-order valence-corrected chi connectivity index (χ0v) is 12.5. The summed E-state index contributed by atoms with van der Waals surface area (Å²) in [4.78, 5) is 42.8. The van der Waals surface area contributed by atoms with E-state index in [0.717, 1.165) is 12.8 Å². The first-order chi connectivity index (χ1) is 10.5. The van der Waals surface area contributed by atoms with E-state index in [1.54, 1.807) is 0 Å². The van der Waals surface area contributed by atoms with Crippen molar-refractivity contribution >= 4 is 17.8 Å². The molecule has 2 saturated carbocycles. The molecule has 118 valence electrons. The summed E-state index contributed by atoms with van der Waals surface area (Å²) in [6.45, 7) is 0. The quantitative estimate of drug-likeness (QED) is 0.677. The van der Waals surface area contributed by atoms with Crippen LogP contribution in [-0.2, 0) is 9.53 Å². The number of carbonyl (C=O) groups excluding carboxylic acids is 3. The van der Waals surface area contributed by atoms with Crippen molar-refractivity contribution in [1.29, 1.82) is 0 Å². The Morgan fingerprint density at radius 2 is 1.91 bits per heavy atom. The van der Waals surface area contributed by atoms with E-state index in [1.165, 1.54) is 20.5 Å². The molecular weight excluding hydrogens is 288 g/mol. The van der Waals surface area contributed by atoms with E-state index in [9.17, 15) is 14.4 Å². The zero-order valence-electron chi connectivity index (χ0n) is 12.5. The fourth-order valence-corrected chi connectivity index (χ4v) is 3.59. The first kappa shape index (κ1) is 14.6. The normalized spacial score (nSPS) is 28.6. The van der Waals surface area contributed by atoms with Crippen LogP contribution in [0.3, 0.4) is 0 Å². The monoisotopic (exact) mass is 306 g/mol. The summed E-state index contributed by atoms with van der Waals surface area (Å²) in [7, 11) is 2.83. The molecule has 0 saturated heterocycles. The highest BCUT2D eigenvalue weighted by Gasteiger charge is 2.71. The van der Waals surface area contributed by atoms with E-state index in [0.29, 0.717) is 12.8 Å². The van der Waals surface area contributed by atoms with Gasteiger partial charge in [0, 0.05) is 7.05 Å². The van der Waals surface area contributed by atoms with E-state index in [2.05, 4.69) is 20.6 Å². The van der Waals surface area contributed by atoms with Gasteiger partial charge in [0.2, 0.25) is 0 Å². The van der Waals surface area contributed by atoms with Gasteiger partial charge in [-0.2, -0.15) is 0 Å². The Bertz CT molecular complexity index is 643. The molecule has 3 rings (SSSR count). The van der Waals surface area contributed by atoms with Crippen molar-refractivity contribution in [2.75, 3.05) is 14.2 Å². The van der Waals surface area contributed by atoms with Gasteiger partial charge in [0.1, 0.15) is 5.69 Å². The van der Waals surface area contributed by atoms with E-state index < -0.39 is 22.8 Å². The number of imidazole rings is 1. The first-order valence-corrected chi connectivity index (χ1v) is 7.16. The number of nitrogens with zero attached hydrogens (tertiary/aromatic N) is 1. The van der Waals surface area contributed by atoms with Gasteiger partial charge in [0.15, 0.2) is 5.69 Å². The van der Waals surface area contributed by atoms with Crippen LogP contribution in [0.5, 0.6) is 0 Å². The predicted molar refractivity (Wildman–Crippen MR) is 75.1 cm³/mol. The molecule has 2 amide bonds. The molecule has 0 aromatic carbocycles. The number of fused-ring (bicyclic) bond motifs is 1. The van der Waals surface area contributed by atoms with Crippen LogP contribution in [0.4, 0.5) is 0 Å². The molecule has 1 heterocycles. The van der Waals surface area contributed by atoms with Crippen molar-refractivity contribution in [3.63, 3.8) is 0 Å². The third kappa shape index (κ3) is 1.69. The number of nitrogens with one attached hydrogen (secondary N) is 3. The Hall–Kier alpha value is -2.38. The number of carbonyl (C=O) groups is 3. The van der Waals surface area contributed by atoms with Crippen LogP contribution in [-0.4, -0.2) is 47.4 Å². The van der Waals surface area contributed by atoms with Gasteiger partial charge in [-0.15, -0.1) is 0 Å². The number of aromatic nitrogens is 2. The number of ether oxygens (including phenoxy) is 1. The molecule has 0 unspecified atom stereocenters. The van der Waals surface area contributed by atoms with Crippen molar-refractivity contribution in [2.45, 2.75) is 31.2 Å². The summed E-state index contributed by atoms with van der Waals surface area (Å²) >= 11 is 0. The predicted octanol–water partition coefficient (Wildman–Crippen LogP) is -0.0151. The molecule has 8 heteroatoms. The molecular formula is C14H18N4O4. The van der Waals surface area contributed by atoms with Gasteiger partial charge >= 0.3 is 5.97 Å². The largest absolute Gasteiger partial charge is 0.469 e. The number of hydrogen-bond acceptors (Lipinski definition) is 5. The lowest BCUT2D eigenvalue weighted by Crippen LogP contribution is -2.76. The standard InChI is InChI=1S/C14H18N4O4/c1-15-10(19)8-9(17-7-16-8)11(20)18-14-5-3-13(14,4-6-14)12(21)22-2/h7H,3-6H2,1-2H3,(H,15,19)(H,16,17)(H,18,20). The summed E-state index contributed by atoms with van der Waals surface area (Å²) in [5, 5.41) is 5.35. The second kappa shape index (κ2) is 4.82. The molecule has 0 spiro atoms. The molecule has 1 aromatic heterocycles. The molecule has 0 atom stereocenters. The molecule has 2 aliphatic rings. The molecule has 22 heavy (non-hydrogen) atoms. The van der Waals surface area contributed by atoms with Gasteiger partial charge in [-0.1, -0.05) is 0 Å². The van der Waals surface area contributed by atoms with Gasteiger partial charge in [0.05, 0.1) is 24.4 Å². The lowest BCUT2D eigenvalue weighted by Gasteiger charge is -2.65. The number of methoxy groups -OCH3 is 1. The average molecular weight is 306 g/mol. The molecule has 8 nitrogen and oxygen atoms in total. The molecule has 0 bridgehead atoms. The Labute approximate surface area is 127 Å². The second-order valence-corrected chi connectivity index (χ2v) is 5.82. The molecule has 2 fully saturated rings. The van der Waals surface area contributed by atoms with Crippen LogP contribution in [0.2, 0.25) is 0 Å². The van der Waals surface area contributed by atoms with E-state index in [1.807, 2.05) is 0 Å². The highest BCUT2D eigenvalue weighted by Crippen LogP contribution is 2.64. The minimum Gasteiger partial charge on any atom is -0.469 e. The summed E-state index contributed by atoms with van der Waals surface area (Å²) in [5.41, 5.74) is -1.03. The van der Waals surface area contributed by atoms with Crippen LogP contribution in [0.25, 0.3) is 0 Å². The minimum atomic E-state index is -0.610. The Morgan fingerprint density at radius 1 is 1.23 bits per heavy atom. The smallest absolute Gasteiger partial charge is 0.314 e. The Balaban J connectivity index is 1.80. The zero-order chi connectivity index (χ0) is 16.0. The Morgan fingerprint density at radius 3 is 2.41 bits per heavy atom. The number of aromatic amines is 1. The van der Waals surface area contributed by atoms with Crippen LogP contribution in [0.1, 0.15) is 46.7 Å². The number of H-pyrrole nitrogens is 1. The maximum atomic E-state index is 12.5. The molecule has 1 aromatic rings. The van der Waals surface area contributed by atoms with Gasteiger partial charge < -0.3 is 20.4 Å². The fraction of sp³-hybridized carbons (Fsp3) is 0.571. The molecule has 2 aliphatic carbocycles. The number of rotatable bonds is 4. The summed E-state index contributed by atoms with van der Waals surface area (Å²) in [5.74, 6) is -1.15. The lowest BCUT2D eigenvalue weighted by atomic mass is 9.42. The third-order valence-corrected chi connectivity index (χ3v) is 5.11. The third-order valence-electron chi connectivity index (χ3n) is 5.11. The maximum absolute atomic E-state index is 12.5. The van der Waals surface area contributed by atoms with Gasteiger partial charge in [-0.25, -0.2) is 4.98 Å². The number of amides is 2. The highest BCUT2D eigenvalue weighted by atomic mass is 16.5. The first-order valence-electron chi connectivity index (χ1n) is 7.16. The van der Waals surface area contributed by atoms with Crippen molar-refractivity contribution in [1.82, 2.24) is 20.6 Å². The highest BCUT2D eigenvalue weighted by molar-refractivity contribution is 6.05. The van der Waals surface area contributed by atoms with Crippen molar-refractivity contribution in [3.05, 3.63) is 17.7 Å². The number of hydrogen-bond donors (Lipinski definition) is 3. The van der Waals surface area contributed by atoms with E-state index >= 15 is 0 Å². The van der Waals surface area contributed by atoms with Crippen LogP contribution >= 0.6 is 0 Å². The summed E-state index contributed by atoms with van der Waals surface area (Å²) in [6.07, 6.45) is 4.18. The van der Waals surface area contributed by atoms with Gasteiger partial charge in [-0.3, -0.25) is 14.4 Å². The average Bonchev–Trinajstić information content (AvgIpc) is 3.01. The SMILES string of the molecule is CNC(=O)c1[nH]cnc1C(=O)NC12CCC1(C(=O)OC)CC2. The summed E-state index contributed by atoms with van der Waals surface area (Å²) in [6, 6.07) is 0. The molecule has 0 aliphatic heterocycles. The maximum Gasteiger partial charge on any atom is 0.314 e.